The molecule has 0 aromatic heterocycles. The number of ether oxygens (including phenoxy) is 1. The molecule has 4 unspecified atom stereocenters. The average molecular weight is 527 g/mol. The molecule has 39 heavy (non-hydrogen) atoms. The zero-order chi connectivity index (χ0) is 27.1. The van der Waals surface area contributed by atoms with Crippen molar-refractivity contribution in [3.63, 3.8) is 0 Å². The van der Waals surface area contributed by atoms with Crippen LogP contribution in [0.5, 0.6) is 5.75 Å². The van der Waals surface area contributed by atoms with E-state index in [1.54, 1.807) is 7.11 Å². The third kappa shape index (κ3) is 4.20. The number of aliphatic carboxylic acids is 1. The third-order valence-corrected chi connectivity index (χ3v) is 9.12. The Morgan fingerprint density at radius 1 is 0.949 bits per heavy atom. The van der Waals surface area contributed by atoms with Crippen molar-refractivity contribution in [3.8, 4) is 5.75 Å². The molecule has 1 aliphatic carbocycles. The van der Waals surface area contributed by atoms with Crippen LogP contribution >= 0.6 is 0 Å². The van der Waals surface area contributed by atoms with E-state index in [1.165, 1.54) is 4.90 Å². The summed E-state index contributed by atoms with van der Waals surface area (Å²) < 4.78 is 5.59. The summed E-state index contributed by atoms with van der Waals surface area (Å²) in [7, 11) is 1.62. The molecule has 3 aromatic carbocycles. The highest BCUT2D eigenvalue weighted by molar-refractivity contribution is 6.09. The first-order valence-electron chi connectivity index (χ1n) is 13.9. The third-order valence-electron chi connectivity index (χ3n) is 9.12. The van der Waals surface area contributed by atoms with Crippen molar-refractivity contribution < 1.29 is 24.2 Å². The lowest BCUT2D eigenvalue weighted by Gasteiger charge is -2.35. The Bertz CT molecular complexity index is 1420. The van der Waals surface area contributed by atoms with Crippen molar-refractivity contribution in [1.82, 2.24) is 10.2 Å². The number of hydrogen-bond donors (Lipinski definition) is 2. The molecule has 3 fully saturated rings. The van der Waals surface area contributed by atoms with E-state index >= 15 is 0 Å². The van der Waals surface area contributed by atoms with Gasteiger partial charge in [-0.15, -0.1) is 0 Å². The van der Waals surface area contributed by atoms with Gasteiger partial charge in [0.05, 0.1) is 25.5 Å². The number of benzene rings is 3. The molecule has 1 saturated carbocycles. The predicted octanol–water partition coefficient (Wildman–Crippen LogP) is 5.09. The maximum atomic E-state index is 14.1. The molecule has 2 N–H and O–H groups in total. The van der Waals surface area contributed by atoms with E-state index in [0.717, 1.165) is 54.0 Å². The van der Waals surface area contributed by atoms with E-state index in [0.29, 0.717) is 12.2 Å². The number of carboxylic acids is 1. The summed E-state index contributed by atoms with van der Waals surface area (Å²) in [6.07, 6.45) is 5.51. The summed E-state index contributed by atoms with van der Waals surface area (Å²) in [5, 5.41) is 16.0. The maximum absolute atomic E-state index is 14.1. The summed E-state index contributed by atoms with van der Waals surface area (Å²) >= 11 is 0. The lowest BCUT2D eigenvalue weighted by atomic mass is 9.72. The Hall–Kier alpha value is -3.71. The Labute approximate surface area is 228 Å². The van der Waals surface area contributed by atoms with Gasteiger partial charge in [-0.1, -0.05) is 92.8 Å². The molecule has 4 atom stereocenters. The van der Waals surface area contributed by atoms with Gasteiger partial charge in [0.25, 0.3) is 0 Å². The highest BCUT2D eigenvalue weighted by atomic mass is 16.5. The Morgan fingerprint density at radius 3 is 2.33 bits per heavy atom. The van der Waals surface area contributed by atoms with Crippen LogP contribution in [0.15, 0.2) is 66.7 Å². The summed E-state index contributed by atoms with van der Waals surface area (Å²) in [6.45, 7) is 0.140. The zero-order valence-electron chi connectivity index (χ0n) is 22.1. The number of likely N-dealkylation sites (tertiary alicyclic amines) is 1. The summed E-state index contributed by atoms with van der Waals surface area (Å²) in [5.74, 6) is -2.63. The second-order valence-corrected chi connectivity index (χ2v) is 11.3. The quantitative estimate of drug-likeness (QED) is 0.417. The largest absolute Gasteiger partial charge is 0.496 e. The lowest BCUT2D eigenvalue weighted by Crippen LogP contribution is -2.56. The minimum Gasteiger partial charge on any atom is -0.496 e. The molecule has 202 valence electrons. The highest BCUT2D eigenvalue weighted by Gasteiger charge is 2.68. The Balaban J connectivity index is 1.48. The van der Waals surface area contributed by atoms with Gasteiger partial charge in [0, 0.05) is 11.4 Å². The van der Waals surface area contributed by atoms with Crippen LogP contribution in [0.1, 0.15) is 55.7 Å². The van der Waals surface area contributed by atoms with Gasteiger partial charge in [-0.2, -0.15) is 0 Å². The van der Waals surface area contributed by atoms with E-state index < -0.39 is 29.4 Å². The topological polar surface area (TPSA) is 95.9 Å². The maximum Gasteiger partial charge on any atom is 0.324 e. The summed E-state index contributed by atoms with van der Waals surface area (Å²) in [5.41, 5.74) is 0.138. The minimum absolute atomic E-state index is 0.140. The predicted molar refractivity (Wildman–Crippen MR) is 147 cm³/mol. The lowest BCUT2D eigenvalue weighted by molar-refractivity contribution is -0.152. The molecule has 0 radical (unpaired) electrons. The molecule has 2 heterocycles. The van der Waals surface area contributed by atoms with Crippen molar-refractivity contribution in [2.75, 3.05) is 7.11 Å². The Morgan fingerprint density at radius 2 is 1.64 bits per heavy atom. The van der Waals surface area contributed by atoms with Gasteiger partial charge in [-0.3, -0.25) is 24.6 Å². The van der Waals surface area contributed by atoms with Crippen molar-refractivity contribution in [1.29, 1.82) is 0 Å². The molecule has 7 heteroatoms. The molecule has 6 rings (SSSR count). The molecular weight excluding hydrogens is 492 g/mol. The molecule has 3 aromatic rings. The van der Waals surface area contributed by atoms with Crippen molar-refractivity contribution in [3.05, 3.63) is 77.9 Å². The van der Waals surface area contributed by atoms with Gasteiger partial charge in [0.15, 0.2) is 0 Å². The van der Waals surface area contributed by atoms with Gasteiger partial charge in [-0.25, -0.2) is 0 Å². The monoisotopic (exact) mass is 526 g/mol. The number of amides is 2. The fourth-order valence-corrected chi connectivity index (χ4v) is 7.31. The van der Waals surface area contributed by atoms with Crippen LogP contribution in [0.2, 0.25) is 0 Å². The van der Waals surface area contributed by atoms with Crippen LogP contribution in [-0.2, 0) is 20.9 Å². The number of hydrogen-bond acceptors (Lipinski definition) is 5. The first kappa shape index (κ1) is 25.6. The number of rotatable bonds is 7. The number of carbonyl (C=O) groups excluding carboxylic acids is 2. The Kier molecular flexibility index (Phi) is 6.63. The second-order valence-electron chi connectivity index (χ2n) is 11.3. The molecule has 0 spiro atoms. The number of methoxy groups -OCH3 is 1. The number of nitrogens with zero attached hydrogens (tertiary/aromatic N) is 1. The van der Waals surface area contributed by atoms with Crippen molar-refractivity contribution >= 4 is 28.6 Å². The molecule has 2 amide bonds. The fraction of sp³-hybridized carbons (Fsp3) is 0.406. The standard InChI is InChI=1S/C32H34N2O5/c1-39-25-17-16-24(22-14-8-9-15-23(22)25)28-26-27(30(36)34(29(26)35)19-21-12-6-3-7-13-21)32(33-28,31(37)38)18-20-10-4-2-5-11-20/h3,6-9,12-17,20,26-28,33H,2,4-5,10-11,18-19H2,1H3,(H,37,38). The average Bonchev–Trinajstić information content (AvgIpc) is 3.43. The van der Waals surface area contributed by atoms with Crippen molar-refractivity contribution in [2.24, 2.45) is 17.8 Å². The molecule has 0 bridgehead atoms. The van der Waals surface area contributed by atoms with E-state index in [2.05, 4.69) is 5.32 Å². The van der Waals surface area contributed by atoms with Crippen LogP contribution in [0.4, 0.5) is 0 Å². The van der Waals surface area contributed by atoms with E-state index in [9.17, 15) is 19.5 Å². The van der Waals surface area contributed by atoms with Crippen LogP contribution in [0.3, 0.4) is 0 Å². The van der Waals surface area contributed by atoms with Gasteiger partial charge in [0.2, 0.25) is 11.8 Å². The number of carboxylic acid groups (broad SMARTS) is 1. The van der Waals surface area contributed by atoms with Crippen LogP contribution in [-0.4, -0.2) is 40.4 Å². The summed E-state index contributed by atoms with van der Waals surface area (Å²) in [6, 6.07) is 20.3. The van der Waals surface area contributed by atoms with Gasteiger partial charge >= 0.3 is 5.97 Å². The molecule has 2 aliphatic heterocycles. The first-order valence-corrected chi connectivity index (χ1v) is 13.9. The number of fused-ring (bicyclic) bond motifs is 2. The zero-order valence-corrected chi connectivity index (χ0v) is 22.1. The number of nitrogens with one attached hydrogen (secondary N) is 1. The van der Waals surface area contributed by atoms with E-state index in [1.807, 2.05) is 66.7 Å². The van der Waals surface area contributed by atoms with Gasteiger partial charge in [0.1, 0.15) is 11.3 Å². The van der Waals surface area contributed by atoms with Crippen LogP contribution < -0.4 is 10.1 Å². The van der Waals surface area contributed by atoms with E-state index in [4.69, 9.17) is 4.74 Å². The second kappa shape index (κ2) is 10.1. The first-order chi connectivity index (χ1) is 18.9. The normalized spacial score (nSPS) is 27.2. The fourth-order valence-electron chi connectivity index (χ4n) is 7.31. The SMILES string of the molecule is COc1ccc(C2NC(CC3CCCCC3)(C(=O)O)C3C(=O)N(Cc4ccccc4)C(=O)C23)c2ccccc12. The molecule has 3 aliphatic rings. The van der Waals surface area contributed by atoms with Crippen LogP contribution in [0.25, 0.3) is 10.8 Å². The molecule has 7 nitrogen and oxygen atoms in total. The molecular formula is C32H34N2O5. The van der Waals surface area contributed by atoms with Crippen LogP contribution in [0, 0.1) is 17.8 Å². The number of imide groups is 1. The molecule has 2 saturated heterocycles. The highest BCUT2D eigenvalue weighted by Crippen LogP contribution is 2.53. The van der Waals surface area contributed by atoms with E-state index in [-0.39, 0.29) is 24.3 Å². The van der Waals surface area contributed by atoms with Crippen molar-refractivity contribution in [2.45, 2.75) is 56.7 Å². The van der Waals surface area contributed by atoms with Gasteiger partial charge in [-0.05, 0) is 34.9 Å². The minimum atomic E-state index is -1.52. The number of carbonyl (C=O) groups is 3. The smallest absolute Gasteiger partial charge is 0.324 e. The van der Waals surface area contributed by atoms with Gasteiger partial charge < -0.3 is 9.84 Å². The summed E-state index contributed by atoms with van der Waals surface area (Å²) in [4.78, 5) is 42.7.